The molecular formula is C19H36IN5. The Morgan fingerprint density at radius 3 is 2.64 bits per heavy atom. The van der Waals surface area contributed by atoms with Gasteiger partial charge in [-0.3, -0.25) is 9.67 Å². The minimum Gasteiger partial charge on any atom is -0.357 e. The quantitative estimate of drug-likeness (QED) is 0.401. The first-order valence-corrected chi connectivity index (χ1v) is 9.44. The van der Waals surface area contributed by atoms with E-state index in [1.807, 2.05) is 11.7 Å². The molecule has 1 saturated heterocycles. The topological polar surface area (TPSA) is 45.5 Å². The molecule has 1 aliphatic rings. The summed E-state index contributed by atoms with van der Waals surface area (Å²) in [5.41, 5.74) is 3.73. The van der Waals surface area contributed by atoms with Gasteiger partial charge in [-0.15, -0.1) is 24.0 Å². The molecule has 2 rings (SSSR count). The van der Waals surface area contributed by atoms with E-state index in [2.05, 4.69) is 49.9 Å². The molecular weight excluding hydrogens is 425 g/mol. The van der Waals surface area contributed by atoms with Gasteiger partial charge in [0.2, 0.25) is 0 Å². The van der Waals surface area contributed by atoms with Crippen LogP contribution in [0.15, 0.2) is 4.99 Å². The predicted molar refractivity (Wildman–Crippen MR) is 117 cm³/mol. The molecule has 1 aromatic heterocycles. The predicted octanol–water partition coefficient (Wildman–Crippen LogP) is 3.53. The summed E-state index contributed by atoms with van der Waals surface area (Å²) in [6.07, 6.45) is 3.58. The number of aryl methyl sites for hydroxylation is 2. The molecule has 0 aromatic carbocycles. The monoisotopic (exact) mass is 461 g/mol. The maximum atomic E-state index is 4.89. The van der Waals surface area contributed by atoms with E-state index >= 15 is 0 Å². The summed E-state index contributed by atoms with van der Waals surface area (Å²) in [6.45, 7) is 15.0. The Bertz CT molecular complexity index is 564. The lowest BCUT2D eigenvalue weighted by Gasteiger charge is -2.22. The SMILES string of the molecule is CCNC(=NCCc1c(C)nn(C)c1C)N1CCC(CC(C)C)C1.I. The molecule has 0 aliphatic carbocycles. The number of hydrogen-bond donors (Lipinski definition) is 1. The number of halogens is 1. The highest BCUT2D eigenvalue weighted by Gasteiger charge is 2.25. The number of hydrogen-bond acceptors (Lipinski definition) is 2. The maximum absolute atomic E-state index is 4.89. The standard InChI is InChI=1S/C19H35N5.HI/c1-7-20-19(24-11-9-17(13-24)12-14(2)3)21-10-8-18-15(4)22-23(6)16(18)5;/h14,17H,7-13H2,1-6H3,(H,20,21);1H. The van der Waals surface area contributed by atoms with E-state index in [4.69, 9.17) is 4.99 Å². The van der Waals surface area contributed by atoms with Crippen LogP contribution < -0.4 is 5.32 Å². The van der Waals surface area contributed by atoms with Gasteiger partial charge in [0.1, 0.15) is 0 Å². The van der Waals surface area contributed by atoms with E-state index < -0.39 is 0 Å². The Hall–Kier alpha value is -0.790. The number of guanidine groups is 1. The lowest BCUT2D eigenvalue weighted by atomic mass is 9.97. The van der Waals surface area contributed by atoms with Crippen molar-refractivity contribution in [3.8, 4) is 0 Å². The van der Waals surface area contributed by atoms with E-state index in [1.54, 1.807) is 0 Å². The lowest BCUT2D eigenvalue weighted by molar-refractivity contribution is 0.403. The van der Waals surface area contributed by atoms with E-state index in [9.17, 15) is 0 Å². The Balaban J connectivity index is 0.00000312. The number of aliphatic imine (C=N–C) groups is 1. The molecule has 144 valence electrons. The summed E-state index contributed by atoms with van der Waals surface area (Å²) in [5.74, 6) is 2.69. The Morgan fingerprint density at radius 1 is 1.36 bits per heavy atom. The highest BCUT2D eigenvalue weighted by Crippen LogP contribution is 2.23. The third-order valence-corrected chi connectivity index (χ3v) is 5.01. The second-order valence-electron chi connectivity index (χ2n) is 7.49. The summed E-state index contributed by atoms with van der Waals surface area (Å²) < 4.78 is 1.97. The third-order valence-electron chi connectivity index (χ3n) is 5.01. The molecule has 0 spiro atoms. The van der Waals surface area contributed by atoms with Crippen molar-refractivity contribution in [3.05, 3.63) is 17.0 Å². The van der Waals surface area contributed by atoms with Gasteiger partial charge < -0.3 is 10.2 Å². The number of nitrogens with zero attached hydrogens (tertiary/aromatic N) is 4. The van der Waals surface area contributed by atoms with E-state index in [1.165, 1.54) is 24.1 Å². The van der Waals surface area contributed by atoms with Crippen LogP contribution in [0.2, 0.25) is 0 Å². The molecule has 5 nitrogen and oxygen atoms in total. The van der Waals surface area contributed by atoms with Crippen molar-refractivity contribution < 1.29 is 0 Å². The van der Waals surface area contributed by atoms with Crippen LogP contribution in [-0.2, 0) is 13.5 Å². The van der Waals surface area contributed by atoms with Crippen molar-refractivity contribution in [1.82, 2.24) is 20.0 Å². The van der Waals surface area contributed by atoms with Gasteiger partial charge in [0.05, 0.1) is 5.69 Å². The molecule has 1 aromatic rings. The average Bonchev–Trinajstić information content (AvgIpc) is 3.05. The van der Waals surface area contributed by atoms with Gasteiger partial charge in [0, 0.05) is 38.9 Å². The van der Waals surface area contributed by atoms with Gasteiger partial charge in [-0.2, -0.15) is 5.10 Å². The second-order valence-corrected chi connectivity index (χ2v) is 7.49. The summed E-state index contributed by atoms with van der Waals surface area (Å²) >= 11 is 0. The van der Waals surface area contributed by atoms with Gasteiger partial charge in [-0.05, 0) is 57.4 Å². The van der Waals surface area contributed by atoms with Crippen molar-refractivity contribution in [2.75, 3.05) is 26.2 Å². The minimum atomic E-state index is 0. The van der Waals surface area contributed by atoms with E-state index in [0.717, 1.165) is 56.1 Å². The van der Waals surface area contributed by atoms with Gasteiger partial charge in [-0.1, -0.05) is 13.8 Å². The molecule has 25 heavy (non-hydrogen) atoms. The van der Waals surface area contributed by atoms with Crippen LogP contribution in [0.1, 0.15) is 50.6 Å². The molecule has 1 aliphatic heterocycles. The first kappa shape index (κ1) is 22.3. The minimum absolute atomic E-state index is 0. The maximum Gasteiger partial charge on any atom is 0.193 e. The Kier molecular flexibility index (Phi) is 9.24. The van der Waals surface area contributed by atoms with Crippen LogP contribution in [0.25, 0.3) is 0 Å². The first-order chi connectivity index (χ1) is 11.4. The van der Waals surface area contributed by atoms with Crippen LogP contribution in [-0.4, -0.2) is 46.8 Å². The summed E-state index contributed by atoms with van der Waals surface area (Å²) in [6, 6.07) is 0. The van der Waals surface area contributed by atoms with Crippen LogP contribution in [0, 0.1) is 25.7 Å². The van der Waals surface area contributed by atoms with Crippen molar-refractivity contribution in [1.29, 1.82) is 0 Å². The van der Waals surface area contributed by atoms with E-state index in [0.29, 0.717) is 0 Å². The molecule has 0 radical (unpaired) electrons. The molecule has 6 heteroatoms. The molecule has 1 atom stereocenters. The fraction of sp³-hybridized carbons (Fsp3) is 0.789. The zero-order valence-corrected chi connectivity index (χ0v) is 19.1. The highest BCUT2D eigenvalue weighted by atomic mass is 127. The molecule has 1 fully saturated rings. The average molecular weight is 461 g/mol. The molecule has 0 amide bonds. The number of aromatic nitrogens is 2. The highest BCUT2D eigenvalue weighted by molar-refractivity contribution is 14.0. The van der Waals surface area contributed by atoms with Crippen LogP contribution in [0.3, 0.4) is 0 Å². The fourth-order valence-electron chi connectivity index (χ4n) is 3.76. The Labute approximate surface area is 170 Å². The molecule has 0 bridgehead atoms. The van der Waals surface area contributed by atoms with Crippen molar-refractivity contribution in [2.24, 2.45) is 23.9 Å². The lowest BCUT2D eigenvalue weighted by Crippen LogP contribution is -2.40. The van der Waals surface area contributed by atoms with Gasteiger partial charge in [0.25, 0.3) is 0 Å². The van der Waals surface area contributed by atoms with Crippen LogP contribution in [0.5, 0.6) is 0 Å². The molecule has 0 saturated carbocycles. The fourth-order valence-corrected chi connectivity index (χ4v) is 3.76. The Morgan fingerprint density at radius 2 is 2.08 bits per heavy atom. The smallest absolute Gasteiger partial charge is 0.193 e. The van der Waals surface area contributed by atoms with Crippen molar-refractivity contribution in [3.63, 3.8) is 0 Å². The summed E-state index contributed by atoms with van der Waals surface area (Å²) in [7, 11) is 2.01. The van der Waals surface area contributed by atoms with Gasteiger partial charge in [-0.25, -0.2) is 0 Å². The van der Waals surface area contributed by atoms with Crippen LogP contribution in [0.4, 0.5) is 0 Å². The second kappa shape index (κ2) is 10.4. The number of nitrogens with one attached hydrogen (secondary N) is 1. The first-order valence-electron chi connectivity index (χ1n) is 9.44. The zero-order valence-electron chi connectivity index (χ0n) is 16.8. The van der Waals surface area contributed by atoms with Gasteiger partial charge in [0.15, 0.2) is 5.96 Å². The normalized spacial score (nSPS) is 18.0. The number of rotatable bonds is 6. The van der Waals surface area contributed by atoms with E-state index in [-0.39, 0.29) is 24.0 Å². The molecule has 1 unspecified atom stereocenters. The summed E-state index contributed by atoms with van der Waals surface area (Å²) in [5, 5.41) is 7.98. The van der Waals surface area contributed by atoms with Gasteiger partial charge >= 0.3 is 0 Å². The van der Waals surface area contributed by atoms with Crippen molar-refractivity contribution in [2.45, 2.75) is 53.9 Å². The summed E-state index contributed by atoms with van der Waals surface area (Å²) in [4.78, 5) is 7.33. The zero-order chi connectivity index (χ0) is 17.7. The van der Waals surface area contributed by atoms with Crippen molar-refractivity contribution >= 4 is 29.9 Å². The largest absolute Gasteiger partial charge is 0.357 e. The van der Waals surface area contributed by atoms with Crippen LogP contribution >= 0.6 is 24.0 Å². The molecule has 2 heterocycles. The molecule has 1 N–H and O–H groups in total. The third kappa shape index (κ3) is 6.15. The number of likely N-dealkylation sites (tertiary alicyclic amines) is 1.